The summed E-state index contributed by atoms with van der Waals surface area (Å²) in [5.74, 6) is 0. The third-order valence-corrected chi connectivity index (χ3v) is 2.34. The SMILES string of the molecule is COCC(C)(N)Cc1cccc(C(F)(F)F)c1. The van der Waals surface area contributed by atoms with Crippen molar-refractivity contribution >= 4 is 0 Å². The van der Waals surface area contributed by atoms with Crippen LogP contribution in [0.2, 0.25) is 0 Å². The molecule has 2 N–H and O–H groups in total. The highest BCUT2D eigenvalue weighted by Crippen LogP contribution is 2.30. The number of ether oxygens (including phenoxy) is 1. The van der Waals surface area contributed by atoms with E-state index in [1.54, 1.807) is 13.0 Å². The molecule has 0 radical (unpaired) electrons. The predicted molar refractivity (Wildman–Crippen MR) is 59.6 cm³/mol. The highest BCUT2D eigenvalue weighted by atomic mass is 19.4. The Hall–Kier alpha value is -1.07. The maximum absolute atomic E-state index is 12.5. The van der Waals surface area contributed by atoms with Crippen LogP contribution in [0.3, 0.4) is 0 Å². The van der Waals surface area contributed by atoms with Gasteiger partial charge in [0.1, 0.15) is 0 Å². The molecule has 0 saturated carbocycles. The summed E-state index contributed by atoms with van der Waals surface area (Å²) in [6.45, 7) is 2.04. The van der Waals surface area contributed by atoms with E-state index in [0.717, 1.165) is 12.1 Å². The second-order valence-corrected chi connectivity index (χ2v) is 4.46. The van der Waals surface area contributed by atoms with E-state index in [1.165, 1.54) is 13.2 Å². The lowest BCUT2D eigenvalue weighted by Crippen LogP contribution is -2.43. The predicted octanol–water partition coefficient (Wildman–Crippen LogP) is 2.61. The molecule has 0 amide bonds. The average molecular weight is 247 g/mol. The third-order valence-electron chi connectivity index (χ3n) is 2.34. The Morgan fingerprint density at radius 3 is 2.47 bits per heavy atom. The summed E-state index contributed by atoms with van der Waals surface area (Å²) >= 11 is 0. The van der Waals surface area contributed by atoms with Crippen molar-refractivity contribution in [1.29, 1.82) is 0 Å². The van der Waals surface area contributed by atoms with Gasteiger partial charge in [0.15, 0.2) is 0 Å². The molecule has 1 atom stereocenters. The first-order chi connectivity index (χ1) is 7.74. The number of alkyl halides is 3. The molecular formula is C12H16F3NO. The zero-order valence-electron chi connectivity index (χ0n) is 9.84. The number of halogens is 3. The monoisotopic (exact) mass is 247 g/mol. The zero-order valence-corrected chi connectivity index (χ0v) is 9.84. The van der Waals surface area contributed by atoms with Gasteiger partial charge >= 0.3 is 6.18 Å². The molecule has 0 fully saturated rings. The van der Waals surface area contributed by atoms with Gasteiger partial charge in [0, 0.05) is 12.6 Å². The van der Waals surface area contributed by atoms with E-state index < -0.39 is 17.3 Å². The number of methoxy groups -OCH3 is 1. The van der Waals surface area contributed by atoms with Gasteiger partial charge in [-0.15, -0.1) is 0 Å². The second-order valence-electron chi connectivity index (χ2n) is 4.46. The van der Waals surface area contributed by atoms with E-state index in [2.05, 4.69) is 0 Å². The van der Waals surface area contributed by atoms with Crippen LogP contribution in [-0.2, 0) is 17.3 Å². The van der Waals surface area contributed by atoms with Crippen LogP contribution < -0.4 is 5.73 Å². The van der Waals surface area contributed by atoms with Crippen LogP contribution in [0.25, 0.3) is 0 Å². The molecule has 1 rings (SSSR count). The van der Waals surface area contributed by atoms with Gasteiger partial charge in [-0.25, -0.2) is 0 Å². The van der Waals surface area contributed by atoms with Crippen molar-refractivity contribution in [1.82, 2.24) is 0 Å². The summed E-state index contributed by atoms with van der Waals surface area (Å²) in [6.07, 6.45) is -3.98. The van der Waals surface area contributed by atoms with E-state index >= 15 is 0 Å². The van der Waals surface area contributed by atoms with E-state index in [1.807, 2.05) is 0 Å². The number of rotatable bonds is 4. The first-order valence-electron chi connectivity index (χ1n) is 5.18. The lowest BCUT2D eigenvalue weighted by Gasteiger charge is -2.24. The molecular weight excluding hydrogens is 231 g/mol. The molecule has 17 heavy (non-hydrogen) atoms. The van der Waals surface area contributed by atoms with E-state index in [-0.39, 0.29) is 0 Å². The second kappa shape index (κ2) is 5.06. The molecule has 1 aromatic rings. The highest BCUT2D eigenvalue weighted by molar-refractivity contribution is 5.27. The van der Waals surface area contributed by atoms with Crippen LogP contribution >= 0.6 is 0 Å². The first kappa shape index (κ1) is 14.0. The fourth-order valence-corrected chi connectivity index (χ4v) is 1.70. The van der Waals surface area contributed by atoms with E-state index in [0.29, 0.717) is 18.6 Å². The average Bonchev–Trinajstić information content (AvgIpc) is 2.15. The summed E-state index contributed by atoms with van der Waals surface area (Å²) in [5, 5.41) is 0. The van der Waals surface area contributed by atoms with Crippen molar-refractivity contribution in [2.45, 2.75) is 25.1 Å². The topological polar surface area (TPSA) is 35.2 Å². The number of benzene rings is 1. The Morgan fingerprint density at radius 2 is 1.94 bits per heavy atom. The number of hydrogen-bond acceptors (Lipinski definition) is 2. The zero-order chi connectivity index (χ0) is 13.1. The van der Waals surface area contributed by atoms with Gasteiger partial charge < -0.3 is 10.5 Å². The summed E-state index contributed by atoms with van der Waals surface area (Å²) in [7, 11) is 1.51. The Bertz CT molecular complexity index is 374. The number of hydrogen-bond donors (Lipinski definition) is 1. The van der Waals surface area contributed by atoms with Crippen LogP contribution in [-0.4, -0.2) is 19.3 Å². The van der Waals surface area contributed by atoms with E-state index in [9.17, 15) is 13.2 Å². The highest BCUT2D eigenvalue weighted by Gasteiger charge is 2.30. The quantitative estimate of drug-likeness (QED) is 0.887. The van der Waals surface area contributed by atoms with Gasteiger partial charge in [-0.3, -0.25) is 0 Å². The van der Waals surface area contributed by atoms with Crippen molar-refractivity contribution in [3.63, 3.8) is 0 Å². The fraction of sp³-hybridized carbons (Fsp3) is 0.500. The van der Waals surface area contributed by atoms with Gasteiger partial charge in [0.05, 0.1) is 12.2 Å². The Labute approximate surface area is 98.6 Å². The Balaban J connectivity index is 2.86. The van der Waals surface area contributed by atoms with Crippen molar-refractivity contribution in [3.8, 4) is 0 Å². The minimum atomic E-state index is -4.32. The van der Waals surface area contributed by atoms with E-state index in [4.69, 9.17) is 10.5 Å². The molecule has 0 aliphatic carbocycles. The van der Waals surface area contributed by atoms with Crippen molar-refractivity contribution in [2.24, 2.45) is 5.73 Å². The molecule has 1 aromatic carbocycles. The molecule has 0 aliphatic heterocycles. The van der Waals surface area contributed by atoms with Gasteiger partial charge in [-0.05, 0) is 25.0 Å². The third kappa shape index (κ3) is 4.36. The van der Waals surface area contributed by atoms with Gasteiger partial charge in [0.25, 0.3) is 0 Å². The van der Waals surface area contributed by atoms with Crippen LogP contribution in [0.5, 0.6) is 0 Å². The molecule has 96 valence electrons. The molecule has 0 heterocycles. The summed E-state index contributed by atoms with van der Waals surface area (Å²) < 4.78 is 42.4. The molecule has 2 nitrogen and oxygen atoms in total. The number of nitrogens with two attached hydrogens (primary N) is 1. The molecule has 1 unspecified atom stereocenters. The molecule has 0 aromatic heterocycles. The van der Waals surface area contributed by atoms with Crippen LogP contribution in [0.4, 0.5) is 13.2 Å². The minimum Gasteiger partial charge on any atom is -0.383 e. The first-order valence-corrected chi connectivity index (χ1v) is 5.18. The summed E-state index contributed by atoms with van der Waals surface area (Å²) in [6, 6.07) is 5.20. The summed E-state index contributed by atoms with van der Waals surface area (Å²) in [4.78, 5) is 0. The maximum atomic E-state index is 12.5. The molecule has 0 bridgehead atoms. The molecule has 0 spiro atoms. The van der Waals surface area contributed by atoms with Crippen molar-refractivity contribution in [3.05, 3.63) is 35.4 Å². The minimum absolute atomic E-state index is 0.295. The van der Waals surface area contributed by atoms with Crippen LogP contribution in [0, 0.1) is 0 Å². The Kier molecular flexibility index (Phi) is 4.16. The van der Waals surface area contributed by atoms with Crippen LogP contribution in [0.15, 0.2) is 24.3 Å². The normalized spacial score (nSPS) is 15.6. The lowest BCUT2D eigenvalue weighted by molar-refractivity contribution is -0.137. The van der Waals surface area contributed by atoms with Gasteiger partial charge in [-0.2, -0.15) is 13.2 Å². The summed E-state index contributed by atoms with van der Waals surface area (Å²) in [5.41, 5.74) is 5.15. The van der Waals surface area contributed by atoms with Gasteiger partial charge in [0.2, 0.25) is 0 Å². The smallest absolute Gasteiger partial charge is 0.383 e. The standard InChI is InChI=1S/C12H16F3NO/c1-11(16,8-17-2)7-9-4-3-5-10(6-9)12(13,14)15/h3-6H,7-8,16H2,1-2H3. The van der Waals surface area contributed by atoms with Gasteiger partial charge in [-0.1, -0.05) is 18.2 Å². The largest absolute Gasteiger partial charge is 0.416 e. The van der Waals surface area contributed by atoms with Crippen LogP contribution in [0.1, 0.15) is 18.1 Å². The van der Waals surface area contributed by atoms with Crippen molar-refractivity contribution < 1.29 is 17.9 Å². The molecule has 5 heteroatoms. The molecule has 0 aliphatic rings. The fourth-order valence-electron chi connectivity index (χ4n) is 1.70. The lowest BCUT2D eigenvalue weighted by atomic mass is 9.94. The Morgan fingerprint density at radius 1 is 1.29 bits per heavy atom. The maximum Gasteiger partial charge on any atom is 0.416 e. The molecule has 0 saturated heterocycles. The van der Waals surface area contributed by atoms with Crippen molar-refractivity contribution in [2.75, 3.05) is 13.7 Å².